The number of hydrogen-bond donors (Lipinski definition) is 2. The van der Waals surface area contributed by atoms with Crippen molar-refractivity contribution in [2.45, 2.75) is 0 Å². The van der Waals surface area contributed by atoms with Crippen LogP contribution in [-0.4, -0.2) is 24.0 Å². The quantitative estimate of drug-likeness (QED) is 0.810. The number of halogens is 2. The van der Waals surface area contributed by atoms with E-state index in [2.05, 4.69) is 31.5 Å². The summed E-state index contributed by atoms with van der Waals surface area (Å²) in [4.78, 5) is 15.9. The van der Waals surface area contributed by atoms with Gasteiger partial charge >= 0.3 is 0 Å². The third kappa shape index (κ3) is 4.21. The number of rotatable bonds is 5. The Morgan fingerprint density at radius 2 is 2.00 bits per heavy atom. The average Bonchev–Trinajstić information content (AvgIpc) is 2.46. The number of amides is 1. The molecule has 0 aliphatic heterocycles. The highest BCUT2D eigenvalue weighted by atomic mass is 79.9. The number of carbonyl (C=O) groups excluding carboxylic acids is 1. The standard InChI is InChI=1S/C14H13BrClN3O/c15-11-8-12(16)13(19-9-11)17-6-7-18-14(20)10-4-2-1-3-5-10/h1-5,8-9H,6-7H2,(H,17,19)(H,18,20). The zero-order valence-corrected chi connectivity index (χ0v) is 12.9. The van der Waals surface area contributed by atoms with E-state index < -0.39 is 0 Å². The lowest BCUT2D eigenvalue weighted by atomic mass is 10.2. The van der Waals surface area contributed by atoms with Gasteiger partial charge in [-0.05, 0) is 34.1 Å². The lowest BCUT2D eigenvalue weighted by Gasteiger charge is -2.08. The highest BCUT2D eigenvalue weighted by Gasteiger charge is 2.04. The van der Waals surface area contributed by atoms with Gasteiger partial charge in [0, 0.05) is 29.3 Å². The molecule has 1 aromatic carbocycles. The fourth-order valence-corrected chi connectivity index (χ4v) is 2.29. The van der Waals surface area contributed by atoms with E-state index in [0.717, 1.165) is 4.47 Å². The molecule has 2 aromatic rings. The Labute approximate surface area is 130 Å². The van der Waals surface area contributed by atoms with Crippen molar-refractivity contribution in [2.75, 3.05) is 18.4 Å². The predicted octanol–water partition coefficient (Wildman–Crippen LogP) is 3.34. The predicted molar refractivity (Wildman–Crippen MR) is 84.2 cm³/mol. The number of benzene rings is 1. The molecule has 6 heteroatoms. The van der Waals surface area contributed by atoms with Crippen LogP contribution >= 0.6 is 27.5 Å². The van der Waals surface area contributed by atoms with Crippen LogP contribution in [0.4, 0.5) is 5.82 Å². The Morgan fingerprint density at radius 1 is 1.25 bits per heavy atom. The Hall–Kier alpha value is -1.59. The second-order valence-electron chi connectivity index (χ2n) is 4.03. The van der Waals surface area contributed by atoms with Gasteiger partial charge in [-0.3, -0.25) is 4.79 Å². The number of nitrogens with one attached hydrogen (secondary N) is 2. The van der Waals surface area contributed by atoms with Crippen molar-refractivity contribution in [3.8, 4) is 0 Å². The van der Waals surface area contributed by atoms with Gasteiger partial charge in [-0.25, -0.2) is 4.98 Å². The average molecular weight is 355 g/mol. The molecule has 104 valence electrons. The molecule has 0 atom stereocenters. The minimum atomic E-state index is -0.0951. The Morgan fingerprint density at radius 3 is 2.70 bits per heavy atom. The minimum absolute atomic E-state index is 0.0951. The molecule has 1 aromatic heterocycles. The molecule has 1 heterocycles. The van der Waals surface area contributed by atoms with Crippen LogP contribution in [0.5, 0.6) is 0 Å². The molecule has 0 spiro atoms. The zero-order valence-electron chi connectivity index (χ0n) is 10.6. The fourth-order valence-electron chi connectivity index (χ4n) is 1.59. The van der Waals surface area contributed by atoms with Crippen LogP contribution in [0.15, 0.2) is 47.1 Å². The van der Waals surface area contributed by atoms with Crippen molar-refractivity contribution in [1.29, 1.82) is 0 Å². The van der Waals surface area contributed by atoms with Crippen molar-refractivity contribution >= 4 is 39.3 Å². The smallest absolute Gasteiger partial charge is 0.251 e. The molecule has 0 fully saturated rings. The highest BCUT2D eigenvalue weighted by Crippen LogP contribution is 2.22. The molecule has 0 radical (unpaired) electrons. The summed E-state index contributed by atoms with van der Waals surface area (Å²) in [5, 5.41) is 6.42. The number of nitrogens with zero attached hydrogens (tertiary/aromatic N) is 1. The summed E-state index contributed by atoms with van der Waals surface area (Å²) in [5.41, 5.74) is 0.646. The summed E-state index contributed by atoms with van der Waals surface area (Å²) in [5.74, 6) is 0.506. The molecular weight excluding hydrogens is 342 g/mol. The largest absolute Gasteiger partial charge is 0.367 e. The molecule has 0 aliphatic carbocycles. The van der Waals surface area contributed by atoms with E-state index in [0.29, 0.717) is 29.5 Å². The molecule has 0 saturated heterocycles. The number of pyridine rings is 1. The number of carbonyl (C=O) groups is 1. The van der Waals surface area contributed by atoms with Crippen molar-refractivity contribution in [3.05, 3.63) is 57.7 Å². The maximum atomic E-state index is 11.8. The lowest BCUT2D eigenvalue weighted by Crippen LogP contribution is -2.28. The van der Waals surface area contributed by atoms with E-state index in [9.17, 15) is 4.79 Å². The third-order valence-corrected chi connectivity index (χ3v) is 3.27. The molecule has 2 rings (SSSR count). The van der Waals surface area contributed by atoms with E-state index in [-0.39, 0.29) is 5.91 Å². The van der Waals surface area contributed by atoms with Crippen molar-refractivity contribution < 1.29 is 4.79 Å². The van der Waals surface area contributed by atoms with Crippen LogP contribution in [0.25, 0.3) is 0 Å². The van der Waals surface area contributed by atoms with Crippen molar-refractivity contribution in [2.24, 2.45) is 0 Å². The lowest BCUT2D eigenvalue weighted by molar-refractivity contribution is 0.0955. The maximum Gasteiger partial charge on any atom is 0.251 e. The minimum Gasteiger partial charge on any atom is -0.367 e. The summed E-state index contributed by atoms with van der Waals surface area (Å²) in [6.07, 6.45) is 1.66. The monoisotopic (exact) mass is 353 g/mol. The summed E-state index contributed by atoms with van der Waals surface area (Å²) in [7, 11) is 0. The van der Waals surface area contributed by atoms with Crippen LogP contribution in [-0.2, 0) is 0 Å². The molecule has 20 heavy (non-hydrogen) atoms. The van der Waals surface area contributed by atoms with E-state index >= 15 is 0 Å². The first-order valence-electron chi connectivity index (χ1n) is 6.05. The molecule has 0 unspecified atom stereocenters. The molecule has 2 N–H and O–H groups in total. The summed E-state index contributed by atoms with van der Waals surface area (Å²) in [6.45, 7) is 1.04. The fraction of sp³-hybridized carbons (Fsp3) is 0.143. The highest BCUT2D eigenvalue weighted by molar-refractivity contribution is 9.10. The van der Waals surface area contributed by atoms with E-state index in [1.54, 1.807) is 24.4 Å². The Kier molecular flexibility index (Phi) is 5.38. The molecule has 0 saturated carbocycles. The Balaban J connectivity index is 1.78. The number of anilines is 1. The van der Waals surface area contributed by atoms with Crippen LogP contribution in [0.2, 0.25) is 5.02 Å². The van der Waals surface area contributed by atoms with Gasteiger partial charge in [-0.2, -0.15) is 0 Å². The second-order valence-corrected chi connectivity index (χ2v) is 5.36. The van der Waals surface area contributed by atoms with E-state index in [1.165, 1.54) is 0 Å². The van der Waals surface area contributed by atoms with Gasteiger partial charge in [0.2, 0.25) is 0 Å². The van der Waals surface area contributed by atoms with Gasteiger partial charge in [-0.15, -0.1) is 0 Å². The third-order valence-electron chi connectivity index (χ3n) is 2.55. The van der Waals surface area contributed by atoms with Gasteiger partial charge in [-0.1, -0.05) is 29.8 Å². The van der Waals surface area contributed by atoms with Gasteiger partial charge in [0.05, 0.1) is 5.02 Å². The van der Waals surface area contributed by atoms with Gasteiger partial charge in [0.15, 0.2) is 0 Å². The summed E-state index contributed by atoms with van der Waals surface area (Å²) in [6, 6.07) is 10.8. The molecule has 0 bridgehead atoms. The molecule has 0 aliphatic rings. The SMILES string of the molecule is O=C(NCCNc1ncc(Br)cc1Cl)c1ccccc1. The van der Waals surface area contributed by atoms with Crippen LogP contribution in [0, 0.1) is 0 Å². The van der Waals surface area contributed by atoms with E-state index in [1.807, 2.05) is 18.2 Å². The molecule has 1 amide bonds. The van der Waals surface area contributed by atoms with E-state index in [4.69, 9.17) is 11.6 Å². The molecular formula is C14H13BrClN3O. The molecule has 4 nitrogen and oxygen atoms in total. The Bertz CT molecular complexity index is 592. The van der Waals surface area contributed by atoms with Gasteiger partial charge in [0.25, 0.3) is 5.91 Å². The first kappa shape index (κ1) is 14.8. The summed E-state index contributed by atoms with van der Waals surface area (Å²) >= 11 is 9.32. The first-order chi connectivity index (χ1) is 9.66. The maximum absolute atomic E-state index is 11.8. The van der Waals surface area contributed by atoms with Crippen LogP contribution in [0.3, 0.4) is 0 Å². The normalized spacial score (nSPS) is 10.1. The van der Waals surface area contributed by atoms with Crippen LogP contribution < -0.4 is 10.6 Å². The van der Waals surface area contributed by atoms with Crippen molar-refractivity contribution in [1.82, 2.24) is 10.3 Å². The second kappa shape index (κ2) is 7.26. The van der Waals surface area contributed by atoms with Crippen LogP contribution in [0.1, 0.15) is 10.4 Å². The van der Waals surface area contributed by atoms with Crippen molar-refractivity contribution in [3.63, 3.8) is 0 Å². The van der Waals surface area contributed by atoms with Gasteiger partial charge < -0.3 is 10.6 Å². The summed E-state index contributed by atoms with van der Waals surface area (Å²) < 4.78 is 0.824. The topological polar surface area (TPSA) is 54.0 Å². The number of hydrogen-bond acceptors (Lipinski definition) is 3. The van der Waals surface area contributed by atoms with Gasteiger partial charge in [0.1, 0.15) is 5.82 Å². The number of aromatic nitrogens is 1. The first-order valence-corrected chi connectivity index (χ1v) is 7.22. The zero-order chi connectivity index (χ0) is 14.4.